The Labute approximate surface area is 124 Å². The highest BCUT2D eigenvalue weighted by atomic mass is 32.2. The zero-order valence-corrected chi connectivity index (χ0v) is 12.8. The predicted octanol–water partition coefficient (Wildman–Crippen LogP) is 2.78. The number of nitrogens with one attached hydrogen (secondary N) is 1. The molecule has 0 aliphatic heterocycles. The normalized spacial score (nSPS) is 11.1. The minimum atomic E-state index is -3.71. The molecule has 3 N–H and O–H groups in total. The number of nitrogens with two attached hydrogens (primary N) is 1. The van der Waals surface area contributed by atoms with Gasteiger partial charge in [-0.3, -0.25) is 4.72 Å². The van der Waals surface area contributed by atoms with Crippen LogP contribution in [0.3, 0.4) is 0 Å². The summed E-state index contributed by atoms with van der Waals surface area (Å²) in [6, 6.07) is 11.6. The van der Waals surface area contributed by atoms with E-state index < -0.39 is 10.0 Å². The van der Waals surface area contributed by atoms with Crippen LogP contribution >= 0.6 is 0 Å². The van der Waals surface area contributed by atoms with Gasteiger partial charge in [0.15, 0.2) is 0 Å². The van der Waals surface area contributed by atoms with Crippen molar-refractivity contribution in [2.75, 3.05) is 17.1 Å². The van der Waals surface area contributed by atoms with Gasteiger partial charge >= 0.3 is 0 Å². The van der Waals surface area contributed by atoms with Crippen molar-refractivity contribution in [3.63, 3.8) is 0 Å². The predicted molar refractivity (Wildman–Crippen MR) is 84.0 cm³/mol. The number of hydrogen-bond donors (Lipinski definition) is 2. The molecule has 0 heterocycles. The van der Waals surface area contributed by atoms with Crippen LogP contribution < -0.4 is 15.2 Å². The highest BCUT2D eigenvalue weighted by Crippen LogP contribution is 2.23. The van der Waals surface area contributed by atoms with Crippen LogP contribution in [0.4, 0.5) is 11.4 Å². The molecule has 0 saturated carbocycles. The summed E-state index contributed by atoms with van der Waals surface area (Å²) in [6.07, 6.45) is 0. The summed E-state index contributed by atoms with van der Waals surface area (Å²) < 4.78 is 32.5. The van der Waals surface area contributed by atoms with Gasteiger partial charge in [0.05, 0.1) is 12.3 Å². The van der Waals surface area contributed by atoms with E-state index in [4.69, 9.17) is 10.5 Å². The Morgan fingerprint density at radius 2 is 1.81 bits per heavy atom. The Hall–Kier alpha value is -2.21. The maximum Gasteiger partial charge on any atom is 0.263 e. The first-order valence-corrected chi connectivity index (χ1v) is 8.02. The maximum atomic E-state index is 12.4. The van der Waals surface area contributed by atoms with Crippen LogP contribution in [-0.4, -0.2) is 15.0 Å². The van der Waals surface area contributed by atoms with Crippen LogP contribution in [0.25, 0.3) is 0 Å². The first kappa shape index (κ1) is 15.2. The lowest BCUT2D eigenvalue weighted by Gasteiger charge is -2.11. The van der Waals surface area contributed by atoms with Crippen LogP contribution in [0.2, 0.25) is 0 Å². The number of ether oxygens (including phenoxy) is 1. The molecule has 2 aromatic rings. The first-order valence-electron chi connectivity index (χ1n) is 6.54. The molecule has 6 heteroatoms. The van der Waals surface area contributed by atoms with Crippen LogP contribution in [0, 0.1) is 6.92 Å². The molecular weight excluding hydrogens is 288 g/mol. The Kier molecular flexibility index (Phi) is 4.37. The largest absolute Gasteiger partial charge is 0.494 e. The molecule has 0 fully saturated rings. The molecule has 112 valence electrons. The lowest BCUT2D eigenvalue weighted by molar-refractivity contribution is 0.340. The minimum Gasteiger partial charge on any atom is -0.494 e. The maximum absolute atomic E-state index is 12.4. The van der Waals surface area contributed by atoms with Crippen molar-refractivity contribution < 1.29 is 13.2 Å². The summed E-state index contributed by atoms with van der Waals surface area (Å²) in [6.45, 7) is 4.26. The van der Waals surface area contributed by atoms with E-state index in [2.05, 4.69) is 4.72 Å². The molecule has 0 saturated heterocycles. The van der Waals surface area contributed by atoms with Crippen LogP contribution in [0.15, 0.2) is 47.4 Å². The molecule has 2 rings (SSSR count). The van der Waals surface area contributed by atoms with E-state index in [1.807, 2.05) is 13.8 Å². The smallest absolute Gasteiger partial charge is 0.263 e. The standard InChI is InChI=1S/C15H18N2O3S/c1-3-20-13-7-5-12(6-8-13)17-21(18,19)15-10-11(2)4-9-14(15)16/h4-10,17H,3,16H2,1-2H3. The number of sulfonamides is 1. The number of aryl methyl sites for hydroxylation is 1. The first-order chi connectivity index (χ1) is 9.92. The van der Waals surface area contributed by atoms with E-state index in [-0.39, 0.29) is 10.6 Å². The molecule has 0 bridgehead atoms. The van der Waals surface area contributed by atoms with Gasteiger partial charge in [0.25, 0.3) is 10.0 Å². The Morgan fingerprint density at radius 3 is 2.43 bits per heavy atom. The summed E-state index contributed by atoms with van der Waals surface area (Å²) in [5.41, 5.74) is 7.26. The molecule has 0 radical (unpaired) electrons. The quantitative estimate of drug-likeness (QED) is 0.832. The van der Waals surface area contributed by atoms with E-state index in [1.165, 1.54) is 0 Å². The highest BCUT2D eigenvalue weighted by molar-refractivity contribution is 7.92. The van der Waals surface area contributed by atoms with Gasteiger partial charge in [-0.25, -0.2) is 8.42 Å². The second-order valence-corrected chi connectivity index (χ2v) is 6.25. The van der Waals surface area contributed by atoms with E-state index in [0.29, 0.717) is 18.0 Å². The minimum absolute atomic E-state index is 0.0800. The van der Waals surface area contributed by atoms with E-state index in [1.54, 1.807) is 42.5 Å². The monoisotopic (exact) mass is 306 g/mol. The molecule has 21 heavy (non-hydrogen) atoms. The van der Waals surface area contributed by atoms with Crippen LogP contribution in [0.5, 0.6) is 5.75 Å². The fraction of sp³-hybridized carbons (Fsp3) is 0.200. The summed E-state index contributed by atoms with van der Waals surface area (Å²) >= 11 is 0. The molecule has 5 nitrogen and oxygen atoms in total. The van der Waals surface area contributed by atoms with Crippen molar-refractivity contribution in [2.45, 2.75) is 18.7 Å². The molecule has 2 aromatic carbocycles. The molecule has 0 spiro atoms. The average Bonchev–Trinajstić information content (AvgIpc) is 2.43. The van der Waals surface area contributed by atoms with Crippen molar-refractivity contribution >= 4 is 21.4 Å². The number of anilines is 2. The van der Waals surface area contributed by atoms with Gasteiger partial charge in [-0.05, 0) is 55.8 Å². The molecule has 0 unspecified atom stereocenters. The number of rotatable bonds is 5. The van der Waals surface area contributed by atoms with Crippen LogP contribution in [0.1, 0.15) is 12.5 Å². The van der Waals surface area contributed by atoms with Gasteiger partial charge < -0.3 is 10.5 Å². The van der Waals surface area contributed by atoms with Crippen molar-refractivity contribution in [1.82, 2.24) is 0 Å². The van der Waals surface area contributed by atoms with Crippen LogP contribution in [-0.2, 0) is 10.0 Å². The Bertz CT molecular complexity index is 725. The number of nitrogen functional groups attached to an aromatic ring is 1. The van der Waals surface area contributed by atoms with E-state index >= 15 is 0 Å². The van der Waals surface area contributed by atoms with Gasteiger partial charge in [0, 0.05) is 5.69 Å². The Morgan fingerprint density at radius 1 is 1.14 bits per heavy atom. The zero-order valence-electron chi connectivity index (χ0n) is 12.0. The molecule has 0 amide bonds. The zero-order chi connectivity index (χ0) is 15.5. The second kappa shape index (κ2) is 6.05. The third-order valence-electron chi connectivity index (χ3n) is 2.88. The van der Waals surface area contributed by atoms with E-state index in [0.717, 1.165) is 5.56 Å². The SMILES string of the molecule is CCOc1ccc(NS(=O)(=O)c2cc(C)ccc2N)cc1. The fourth-order valence-electron chi connectivity index (χ4n) is 1.87. The fourth-order valence-corrected chi connectivity index (χ4v) is 3.15. The molecule has 0 aliphatic carbocycles. The van der Waals surface area contributed by atoms with Crippen molar-refractivity contribution in [3.05, 3.63) is 48.0 Å². The number of hydrogen-bond acceptors (Lipinski definition) is 4. The topological polar surface area (TPSA) is 81.4 Å². The average molecular weight is 306 g/mol. The third kappa shape index (κ3) is 3.66. The Balaban J connectivity index is 2.26. The van der Waals surface area contributed by atoms with Gasteiger partial charge in [-0.15, -0.1) is 0 Å². The van der Waals surface area contributed by atoms with Gasteiger partial charge in [-0.2, -0.15) is 0 Å². The lowest BCUT2D eigenvalue weighted by Crippen LogP contribution is -2.15. The summed E-state index contributed by atoms with van der Waals surface area (Å²) in [4.78, 5) is 0.0800. The summed E-state index contributed by atoms with van der Waals surface area (Å²) in [5, 5.41) is 0. The highest BCUT2D eigenvalue weighted by Gasteiger charge is 2.17. The summed E-state index contributed by atoms with van der Waals surface area (Å²) in [5.74, 6) is 0.690. The van der Waals surface area contributed by atoms with Crippen molar-refractivity contribution in [2.24, 2.45) is 0 Å². The molecule has 0 aliphatic rings. The number of benzene rings is 2. The van der Waals surface area contributed by atoms with Gasteiger partial charge in [-0.1, -0.05) is 6.07 Å². The lowest BCUT2D eigenvalue weighted by atomic mass is 10.2. The van der Waals surface area contributed by atoms with Gasteiger partial charge in [0.1, 0.15) is 10.6 Å². The summed E-state index contributed by atoms with van der Waals surface area (Å²) in [7, 11) is -3.71. The van der Waals surface area contributed by atoms with Gasteiger partial charge in [0.2, 0.25) is 0 Å². The molecule has 0 aromatic heterocycles. The van der Waals surface area contributed by atoms with E-state index in [9.17, 15) is 8.42 Å². The molecular formula is C15H18N2O3S. The van der Waals surface area contributed by atoms with Crippen molar-refractivity contribution in [3.8, 4) is 5.75 Å². The molecule has 0 atom stereocenters. The second-order valence-electron chi connectivity index (χ2n) is 4.60. The third-order valence-corrected chi connectivity index (χ3v) is 4.31. The van der Waals surface area contributed by atoms with Crippen molar-refractivity contribution in [1.29, 1.82) is 0 Å².